The van der Waals surface area contributed by atoms with Crippen molar-refractivity contribution in [2.75, 3.05) is 0 Å². The molecule has 1 N–H and O–H groups in total. The van der Waals surface area contributed by atoms with Gasteiger partial charge in [0.1, 0.15) is 0 Å². The van der Waals surface area contributed by atoms with E-state index in [2.05, 4.69) is 4.79 Å². The molecule has 0 spiro atoms. The van der Waals surface area contributed by atoms with E-state index < -0.39 is 15.8 Å². The molecule has 0 saturated carbocycles. The van der Waals surface area contributed by atoms with Gasteiger partial charge < -0.3 is 10.1 Å². The van der Waals surface area contributed by atoms with Gasteiger partial charge in [-0.05, 0) is 13.8 Å². The van der Waals surface area contributed by atoms with Gasteiger partial charge in [-0.15, -0.1) is 0 Å². The highest BCUT2D eigenvalue weighted by molar-refractivity contribution is 7.81. The average molecular weight is 148 g/mol. The van der Waals surface area contributed by atoms with Gasteiger partial charge in [0.05, 0.1) is 0 Å². The summed E-state index contributed by atoms with van der Waals surface area (Å²) in [6.07, 6.45) is 1.02. The lowest BCUT2D eigenvalue weighted by atomic mass is 10.2. The van der Waals surface area contributed by atoms with Gasteiger partial charge in [-0.2, -0.15) is 4.79 Å². The van der Waals surface area contributed by atoms with E-state index in [0.29, 0.717) is 0 Å². The first-order chi connectivity index (χ1) is 4.00. The molecule has 0 amide bonds. The third-order valence-corrected chi connectivity index (χ3v) is 1.82. The van der Waals surface area contributed by atoms with Crippen LogP contribution in [-0.2, 0) is 11.1 Å². The molecule has 0 radical (unpaired) electrons. The zero-order valence-corrected chi connectivity index (χ0v) is 6.05. The summed E-state index contributed by atoms with van der Waals surface area (Å²) in [7, 11) is 0. The minimum atomic E-state index is -1.99. The van der Waals surface area contributed by atoms with Crippen molar-refractivity contribution < 1.29 is 13.6 Å². The normalized spacial score (nSPS) is 14.1. The summed E-state index contributed by atoms with van der Waals surface area (Å²) in [6, 6.07) is 0. The van der Waals surface area contributed by atoms with E-state index in [1.165, 1.54) is 13.8 Å². The van der Waals surface area contributed by atoms with Gasteiger partial charge in [-0.25, -0.2) is 4.21 Å². The molecule has 0 fully saturated rings. The molecule has 0 aliphatic rings. The maximum atomic E-state index is 10.3. The second-order valence-electron chi connectivity index (χ2n) is 2.10. The van der Waals surface area contributed by atoms with Crippen molar-refractivity contribution >= 4 is 17.3 Å². The summed E-state index contributed by atoms with van der Waals surface area (Å²) in [5.41, 5.74) is 7.97. The standard InChI is InChI=1S/C4H8N2O2S/c1-4(2,3-6-5)9(7)8/h3H,1-2H3,(H,7,8). The lowest BCUT2D eigenvalue weighted by molar-refractivity contribution is -0.000950. The Morgan fingerprint density at radius 2 is 2.22 bits per heavy atom. The van der Waals surface area contributed by atoms with E-state index in [1.54, 1.807) is 0 Å². The molecule has 0 saturated heterocycles. The molecule has 0 aromatic heterocycles. The van der Waals surface area contributed by atoms with E-state index in [-0.39, 0.29) is 0 Å². The lowest BCUT2D eigenvalue weighted by Crippen LogP contribution is -2.28. The highest BCUT2D eigenvalue weighted by Gasteiger charge is 2.27. The van der Waals surface area contributed by atoms with Crippen LogP contribution in [0.3, 0.4) is 0 Å². The van der Waals surface area contributed by atoms with Crippen LogP contribution >= 0.6 is 0 Å². The highest BCUT2D eigenvalue weighted by Crippen LogP contribution is 2.04. The fourth-order valence-corrected chi connectivity index (χ4v) is 0.321. The smallest absolute Gasteiger partial charge is 0.277 e. The van der Waals surface area contributed by atoms with Gasteiger partial charge in [-0.1, -0.05) is 0 Å². The second-order valence-corrected chi connectivity index (χ2v) is 3.65. The van der Waals surface area contributed by atoms with Crippen LogP contribution in [0.2, 0.25) is 0 Å². The molecule has 0 aliphatic carbocycles. The summed E-state index contributed by atoms with van der Waals surface area (Å²) in [5, 5.41) is 0. The van der Waals surface area contributed by atoms with Crippen LogP contribution in [-0.4, -0.2) is 24.5 Å². The van der Waals surface area contributed by atoms with Gasteiger partial charge in [0, 0.05) is 0 Å². The summed E-state index contributed by atoms with van der Waals surface area (Å²) in [5.74, 6) is 0. The largest absolute Gasteiger partial charge is 0.362 e. The molecule has 4 nitrogen and oxygen atoms in total. The quantitative estimate of drug-likeness (QED) is 0.264. The van der Waals surface area contributed by atoms with E-state index in [9.17, 15) is 4.21 Å². The molecule has 9 heavy (non-hydrogen) atoms. The van der Waals surface area contributed by atoms with Gasteiger partial charge in [0.15, 0.2) is 15.8 Å². The average Bonchev–Trinajstić information content (AvgIpc) is 1.65. The van der Waals surface area contributed by atoms with Crippen molar-refractivity contribution in [1.29, 1.82) is 0 Å². The summed E-state index contributed by atoms with van der Waals surface area (Å²) in [6.45, 7) is 2.98. The van der Waals surface area contributed by atoms with Crippen molar-refractivity contribution in [2.24, 2.45) is 0 Å². The van der Waals surface area contributed by atoms with E-state index in [1.807, 2.05) is 0 Å². The lowest BCUT2D eigenvalue weighted by Gasteiger charge is -2.05. The van der Waals surface area contributed by atoms with Gasteiger partial charge in [-0.3, -0.25) is 0 Å². The van der Waals surface area contributed by atoms with Crippen LogP contribution in [0, 0.1) is 0 Å². The molecule has 1 unspecified atom stereocenters. The Morgan fingerprint density at radius 1 is 1.78 bits per heavy atom. The second kappa shape index (κ2) is 2.87. The molecule has 52 valence electrons. The van der Waals surface area contributed by atoms with Crippen molar-refractivity contribution in [3.05, 3.63) is 5.53 Å². The molecule has 1 atom stereocenters. The third kappa shape index (κ3) is 2.51. The number of hydrogen-bond donors (Lipinski definition) is 1. The maximum Gasteiger partial charge on any atom is 0.277 e. The molecule has 5 heteroatoms. The first kappa shape index (κ1) is 8.49. The molecular formula is C4H8N2O2S. The number of nitrogens with zero attached hydrogens (tertiary/aromatic N) is 2. The highest BCUT2D eigenvalue weighted by atomic mass is 32.2. The monoisotopic (exact) mass is 148 g/mol. The number of hydrogen-bond acceptors (Lipinski definition) is 1. The fourth-order valence-electron chi connectivity index (χ4n) is 0.184. The molecule has 0 bridgehead atoms. The zero-order chi connectivity index (χ0) is 7.49. The first-order valence-electron chi connectivity index (χ1n) is 2.30. The predicted octanol–water partition coefficient (Wildman–Crippen LogP) is 0.287. The van der Waals surface area contributed by atoms with E-state index >= 15 is 0 Å². The van der Waals surface area contributed by atoms with Crippen molar-refractivity contribution in [2.45, 2.75) is 18.6 Å². The Hall–Kier alpha value is -0.510. The van der Waals surface area contributed by atoms with Crippen LogP contribution in [0.5, 0.6) is 0 Å². The molecule has 0 rings (SSSR count). The molecular weight excluding hydrogens is 140 g/mol. The maximum absolute atomic E-state index is 10.3. The molecule has 0 aromatic carbocycles. The van der Waals surface area contributed by atoms with E-state index in [4.69, 9.17) is 10.1 Å². The molecule has 0 aromatic rings. The van der Waals surface area contributed by atoms with Gasteiger partial charge in [0.25, 0.3) is 6.21 Å². The SMILES string of the molecule is CC(C)(C=[N+]=[N-])S(=O)O. The van der Waals surface area contributed by atoms with Crippen LogP contribution in [0.1, 0.15) is 13.8 Å². The van der Waals surface area contributed by atoms with Crippen LogP contribution in [0.15, 0.2) is 0 Å². The Labute approximate surface area is 55.8 Å². The van der Waals surface area contributed by atoms with Crippen molar-refractivity contribution in [3.63, 3.8) is 0 Å². The molecule has 0 aliphatic heterocycles. The number of rotatable bonds is 2. The zero-order valence-electron chi connectivity index (χ0n) is 5.24. The first-order valence-corrected chi connectivity index (χ1v) is 3.41. The van der Waals surface area contributed by atoms with E-state index in [0.717, 1.165) is 6.21 Å². The Balaban J connectivity index is 4.37. The van der Waals surface area contributed by atoms with Gasteiger partial charge in [0.2, 0.25) is 0 Å². The summed E-state index contributed by atoms with van der Waals surface area (Å²) in [4.78, 5) is 2.65. The predicted molar refractivity (Wildman–Crippen MR) is 34.5 cm³/mol. The minimum Gasteiger partial charge on any atom is -0.362 e. The van der Waals surface area contributed by atoms with Crippen LogP contribution in [0.4, 0.5) is 0 Å². The van der Waals surface area contributed by atoms with Crippen LogP contribution in [0.25, 0.3) is 5.53 Å². The Bertz CT molecular complexity index is 167. The van der Waals surface area contributed by atoms with Crippen molar-refractivity contribution in [1.82, 2.24) is 0 Å². The molecule has 0 heterocycles. The minimum absolute atomic E-state index is 0.964. The summed E-state index contributed by atoms with van der Waals surface area (Å²) < 4.78 is 17.8. The van der Waals surface area contributed by atoms with Gasteiger partial charge >= 0.3 is 0 Å². The van der Waals surface area contributed by atoms with Crippen molar-refractivity contribution in [3.8, 4) is 0 Å². The Morgan fingerprint density at radius 3 is 2.33 bits per heavy atom. The third-order valence-electron chi connectivity index (χ3n) is 0.819. The van der Waals surface area contributed by atoms with Crippen LogP contribution < -0.4 is 0 Å². The summed E-state index contributed by atoms with van der Waals surface area (Å²) >= 11 is -1.99. The Kier molecular flexibility index (Phi) is 2.70. The fraction of sp³-hybridized carbons (Fsp3) is 0.750. The topological polar surface area (TPSA) is 73.7 Å².